The third-order valence-electron chi connectivity index (χ3n) is 7.38. The highest BCUT2D eigenvalue weighted by atomic mass is 15.2. The van der Waals surface area contributed by atoms with Crippen LogP contribution >= 0.6 is 0 Å². The zero-order valence-corrected chi connectivity index (χ0v) is 18.0. The fraction of sp³-hybridized carbons (Fsp3) is 0.464. The van der Waals surface area contributed by atoms with E-state index in [0.717, 1.165) is 24.0 Å². The van der Waals surface area contributed by atoms with Crippen molar-refractivity contribution >= 4 is 0 Å². The Labute approximate surface area is 182 Å². The first-order valence-corrected chi connectivity index (χ1v) is 11.7. The van der Waals surface area contributed by atoms with E-state index in [9.17, 15) is 5.26 Å². The van der Waals surface area contributed by atoms with E-state index >= 15 is 0 Å². The van der Waals surface area contributed by atoms with Gasteiger partial charge in [0.1, 0.15) is 5.41 Å². The summed E-state index contributed by atoms with van der Waals surface area (Å²) >= 11 is 0. The number of hydrogen-bond donors (Lipinski definition) is 0. The van der Waals surface area contributed by atoms with Gasteiger partial charge in [0.15, 0.2) is 0 Å². The summed E-state index contributed by atoms with van der Waals surface area (Å²) in [5.74, 6) is 0.604. The molecule has 0 amide bonds. The van der Waals surface area contributed by atoms with E-state index in [1.165, 1.54) is 45.1 Å². The third-order valence-corrected chi connectivity index (χ3v) is 7.38. The van der Waals surface area contributed by atoms with Crippen LogP contribution in [0.5, 0.6) is 0 Å². The summed E-state index contributed by atoms with van der Waals surface area (Å²) in [5.41, 5.74) is 1.72. The molecule has 0 saturated carbocycles. The third kappa shape index (κ3) is 4.23. The van der Waals surface area contributed by atoms with Crippen molar-refractivity contribution in [1.82, 2.24) is 4.90 Å². The molecule has 2 atom stereocenters. The second-order valence-electron chi connectivity index (χ2n) is 9.20. The summed E-state index contributed by atoms with van der Waals surface area (Å²) < 4.78 is 0. The second kappa shape index (κ2) is 9.63. The largest absolute Gasteiger partial charge is 0.297 e. The Morgan fingerprint density at radius 2 is 1.50 bits per heavy atom. The average molecular weight is 399 g/mol. The van der Waals surface area contributed by atoms with Gasteiger partial charge in [-0.15, -0.1) is 6.58 Å². The van der Waals surface area contributed by atoms with Crippen molar-refractivity contribution in [1.29, 1.82) is 5.26 Å². The number of piperidine rings is 1. The molecule has 0 aliphatic carbocycles. The normalized spacial score (nSPS) is 23.8. The molecule has 0 radical (unpaired) electrons. The van der Waals surface area contributed by atoms with Crippen LogP contribution in [-0.2, 0) is 5.41 Å². The first-order valence-electron chi connectivity index (χ1n) is 11.7. The molecule has 2 nitrogen and oxygen atoms in total. The predicted molar refractivity (Wildman–Crippen MR) is 124 cm³/mol. The number of unbranched alkanes of at least 4 members (excludes halogenated alkanes) is 2. The van der Waals surface area contributed by atoms with E-state index in [2.05, 4.69) is 66.1 Å². The summed E-state index contributed by atoms with van der Waals surface area (Å²) in [7, 11) is 0. The maximum atomic E-state index is 10.5. The highest BCUT2D eigenvalue weighted by Gasteiger charge is 2.44. The Bertz CT molecular complexity index is 798. The molecule has 2 aliphatic heterocycles. The standard InChI is InChI=1S/C28H34N2/c1-2-3-4-11-18-30-26-16-17-27(30)20-23(19-26)21-28(22-29,24-12-7-5-8-13-24)25-14-9-6-10-15-25/h2,5-10,12-15,23,26-27H,1,3-4,11,16-21H2. The maximum Gasteiger partial charge on any atom is 0.107 e. The molecule has 156 valence electrons. The Morgan fingerprint density at radius 3 is 2.00 bits per heavy atom. The van der Waals surface area contributed by atoms with Crippen LogP contribution in [-0.4, -0.2) is 23.5 Å². The topological polar surface area (TPSA) is 27.0 Å². The number of fused-ring (bicyclic) bond motifs is 2. The van der Waals surface area contributed by atoms with Gasteiger partial charge in [-0.1, -0.05) is 66.7 Å². The van der Waals surface area contributed by atoms with Gasteiger partial charge in [-0.2, -0.15) is 5.26 Å². The van der Waals surface area contributed by atoms with Crippen molar-refractivity contribution in [2.24, 2.45) is 5.92 Å². The van der Waals surface area contributed by atoms with Crippen molar-refractivity contribution in [2.45, 2.75) is 68.9 Å². The van der Waals surface area contributed by atoms with Crippen LogP contribution in [0.1, 0.15) is 62.5 Å². The Morgan fingerprint density at radius 1 is 0.933 bits per heavy atom. The lowest BCUT2D eigenvalue weighted by molar-refractivity contribution is 0.0937. The van der Waals surface area contributed by atoms with Crippen molar-refractivity contribution in [3.05, 3.63) is 84.4 Å². The van der Waals surface area contributed by atoms with Gasteiger partial charge in [0.05, 0.1) is 6.07 Å². The van der Waals surface area contributed by atoms with Crippen molar-refractivity contribution in [3.8, 4) is 6.07 Å². The lowest BCUT2D eigenvalue weighted by Crippen LogP contribution is -2.44. The summed E-state index contributed by atoms with van der Waals surface area (Å²) in [4.78, 5) is 2.79. The lowest BCUT2D eigenvalue weighted by atomic mass is 9.68. The molecule has 2 fully saturated rings. The summed E-state index contributed by atoms with van der Waals surface area (Å²) in [6.45, 7) is 5.08. The van der Waals surface area contributed by atoms with Gasteiger partial charge in [-0.3, -0.25) is 4.90 Å². The smallest absolute Gasteiger partial charge is 0.107 e. The molecule has 2 aliphatic rings. The molecule has 2 aromatic rings. The zero-order valence-electron chi connectivity index (χ0n) is 18.0. The lowest BCUT2D eigenvalue weighted by Gasteiger charge is -2.42. The van der Waals surface area contributed by atoms with E-state index in [0.29, 0.717) is 18.0 Å². The molecule has 2 bridgehead atoms. The van der Waals surface area contributed by atoms with Crippen LogP contribution in [0.2, 0.25) is 0 Å². The minimum atomic E-state index is -0.557. The van der Waals surface area contributed by atoms with Gasteiger partial charge in [-0.05, 0) is 75.0 Å². The highest BCUT2D eigenvalue weighted by molar-refractivity contribution is 5.46. The number of nitrogens with zero attached hydrogens (tertiary/aromatic N) is 2. The minimum Gasteiger partial charge on any atom is -0.297 e. The molecule has 0 N–H and O–H groups in total. The number of nitriles is 1. The monoisotopic (exact) mass is 398 g/mol. The van der Waals surface area contributed by atoms with E-state index in [1.54, 1.807) is 0 Å². The first kappa shape index (κ1) is 20.9. The molecule has 2 unspecified atom stereocenters. The van der Waals surface area contributed by atoms with Gasteiger partial charge in [0.2, 0.25) is 0 Å². The molecular formula is C28H34N2. The van der Waals surface area contributed by atoms with E-state index in [1.807, 2.05) is 18.2 Å². The molecule has 2 aromatic carbocycles. The van der Waals surface area contributed by atoms with Crippen molar-refractivity contribution < 1.29 is 0 Å². The number of allylic oxidation sites excluding steroid dienone is 1. The van der Waals surface area contributed by atoms with E-state index in [-0.39, 0.29) is 0 Å². The Kier molecular flexibility index (Phi) is 6.70. The highest BCUT2D eigenvalue weighted by Crippen LogP contribution is 2.46. The zero-order chi connectivity index (χ0) is 20.8. The van der Waals surface area contributed by atoms with Gasteiger partial charge in [0.25, 0.3) is 0 Å². The first-order chi connectivity index (χ1) is 14.8. The predicted octanol–water partition coefficient (Wildman–Crippen LogP) is 6.49. The fourth-order valence-corrected chi connectivity index (χ4v) is 5.96. The molecule has 0 spiro atoms. The Balaban J connectivity index is 1.53. The number of benzene rings is 2. The van der Waals surface area contributed by atoms with Gasteiger partial charge >= 0.3 is 0 Å². The Hall–Kier alpha value is -2.37. The van der Waals surface area contributed by atoms with Crippen LogP contribution in [0.4, 0.5) is 0 Å². The molecule has 2 heteroatoms. The molecule has 2 heterocycles. The van der Waals surface area contributed by atoms with Crippen LogP contribution in [0.3, 0.4) is 0 Å². The molecule has 30 heavy (non-hydrogen) atoms. The van der Waals surface area contributed by atoms with Gasteiger partial charge in [-0.25, -0.2) is 0 Å². The second-order valence-corrected chi connectivity index (χ2v) is 9.20. The summed E-state index contributed by atoms with van der Waals surface area (Å²) in [6.07, 6.45) is 11.8. The van der Waals surface area contributed by atoms with Gasteiger partial charge in [0, 0.05) is 12.1 Å². The molecular weight excluding hydrogens is 364 g/mol. The van der Waals surface area contributed by atoms with Crippen LogP contribution in [0.15, 0.2) is 73.3 Å². The van der Waals surface area contributed by atoms with Gasteiger partial charge < -0.3 is 0 Å². The van der Waals surface area contributed by atoms with E-state index in [4.69, 9.17) is 0 Å². The molecule has 4 rings (SSSR count). The van der Waals surface area contributed by atoms with Crippen molar-refractivity contribution in [3.63, 3.8) is 0 Å². The summed E-state index contributed by atoms with van der Waals surface area (Å²) in [6, 6.07) is 25.1. The minimum absolute atomic E-state index is 0.557. The van der Waals surface area contributed by atoms with Crippen molar-refractivity contribution in [2.75, 3.05) is 6.54 Å². The summed E-state index contributed by atoms with van der Waals surface area (Å²) in [5, 5.41) is 10.5. The number of hydrogen-bond acceptors (Lipinski definition) is 2. The molecule has 0 aromatic heterocycles. The van der Waals surface area contributed by atoms with Crippen LogP contribution in [0.25, 0.3) is 0 Å². The fourth-order valence-electron chi connectivity index (χ4n) is 5.96. The van der Waals surface area contributed by atoms with E-state index < -0.39 is 5.41 Å². The SMILES string of the molecule is C=CCCCCN1C2CCC1CC(CC(C#N)(c1ccccc1)c1ccccc1)C2. The average Bonchev–Trinajstić information content (AvgIpc) is 3.04. The maximum absolute atomic E-state index is 10.5. The van der Waals surface area contributed by atoms with Crippen LogP contribution in [0, 0.1) is 17.2 Å². The van der Waals surface area contributed by atoms with Crippen LogP contribution < -0.4 is 0 Å². The molecule has 2 saturated heterocycles. The number of rotatable bonds is 9. The quantitative estimate of drug-likeness (QED) is 0.357.